The minimum Gasteiger partial charge on any atom is -0.481 e. The van der Waals surface area contributed by atoms with Crippen LogP contribution in [0.1, 0.15) is 31.4 Å². The Balaban J connectivity index is 2.15. The van der Waals surface area contributed by atoms with Crippen molar-refractivity contribution in [3.05, 3.63) is 23.8 Å². The number of ether oxygens (including phenoxy) is 2. The molecular formula is C13H17NO4. The Hall–Kier alpha value is -1.75. The number of hydrogen-bond donors (Lipinski definition) is 2. The van der Waals surface area contributed by atoms with E-state index in [4.69, 9.17) is 14.6 Å². The van der Waals surface area contributed by atoms with Crippen molar-refractivity contribution >= 4 is 5.97 Å². The molecule has 0 saturated carbocycles. The number of benzene rings is 1. The van der Waals surface area contributed by atoms with Crippen LogP contribution in [0.15, 0.2) is 18.2 Å². The second-order valence-electron chi connectivity index (χ2n) is 4.22. The normalized spacial score (nSPS) is 14.5. The summed E-state index contributed by atoms with van der Waals surface area (Å²) in [4.78, 5) is 10.9. The Morgan fingerprint density at radius 1 is 1.44 bits per heavy atom. The van der Waals surface area contributed by atoms with Crippen LogP contribution in [0.25, 0.3) is 0 Å². The molecule has 0 radical (unpaired) electrons. The monoisotopic (exact) mass is 251 g/mol. The van der Waals surface area contributed by atoms with E-state index in [9.17, 15) is 4.79 Å². The van der Waals surface area contributed by atoms with Crippen molar-refractivity contribution in [2.75, 3.05) is 13.3 Å². The number of rotatable bonds is 6. The van der Waals surface area contributed by atoms with Crippen molar-refractivity contribution in [2.24, 2.45) is 0 Å². The highest BCUT2D eigenvalue weighted by atomic mass is 16.7. The van der Waals surface area contributed by atoms with E-state index in [0.717, 1.165) is 18.5 Å². The summed E-state index contributed by atoms with van der Waals surface area (Å²) in [5.74, 6) is 0.575. The zero-order valence-corrected chi connectivity index (χ0v) is 10.3. The summed E-state index contributed by atoms with van der Waals surface area (Å²) in [5, 5.41) is 12.2. The summed E-state index contributed by atoms with van der Waals surface area (Å²) in [6.07, 6.45) is 1.01. The van der Waals surface area contributed by atoms with Crippen LogP contribution in [0.2, 0.25) is 0 Å². The molecule has 0 saturated heterocycles. The molecule has 98 valence electrons. The zero-order valence-electron chi connectivity index (χ0n) is 10.3. The first kappa shape index (κ1) is 12.7. The van der Waals surface area contributed by atoms with Gasteiger partial charge < -0.3 is 19.9 Å². The molecule has 1 heterocycles. The summed E-state index contributed by atoms with van der Waals surface area (Å²) < 4.78 is 10.5. The van der Waals surface area contributed by atoms with E-state index in [1.54, 1.807) is 0 Å². The van der Waals surface area contributed by atoms with Crippen LogP contribution in [0.4, 0.5) is 0 Å². The molecule has 0 fully saturated rings. The third-order valence-corrected chi connectivity index (χ3v) is 2.82. The minimum atomic E-state index is -0.818. The molecule has 1 aliphatic rings. The SMILES string of the molecule is CCCNC(CC(=O)O)c1ccc2c(c1)OCO2. The fraction of sp³-hybridized carbons (Fsp3) is 0.462. The van der Waals surface area contributed by atoms with Crippen molar-refractivity contribution in [1.82, 2.24) is 5.32 Å². The second kappa shape index (κ2) is 5.73. The highest BCUT2D eigenvalue weighted by Crippen LogP contribution is 2.34. The first-order valence-electron chi connectivity index (χ1n) is 6.05. The van der Waals surface area contributed by atoms with Gasteiger partial charge in [-0.15, -0.1) is 0 Å². The van der Waals surface area contributed by atoms with Crippen LogP contribution in [0.3, 0.4) is 0 Å². The van der Waals surface area contributed by atoms with E-state index >= 15 is 0 Å². The molecule has 2 rings (SSSR count). The van der Waals surface area contributed by atoms with Crippen LogP contribution < -0.4 is 14.8 Å². The molecule has 1 unspecified atom stereocenters. The van der Waals surface area contributed by atoms with Gasteiger partial charge >= 0.3 is 5.97 Å². The predicted octanol–water partition coefficient (Wildman–Crippen LogP) is 1.93. The van der Waals surface area contributed by atoms with Gasteiger partial charge in [0.05, 0.1) is 6.42 Å². The van der Waals surface area contributed by atoms with E-state index in [1.807, 2.05) is 25.1 Å². The number of hydrogen-bond acceptors (Lipinski definition) is 4. The molecule has 1 aromatic carbocycles. The summed E-state index contributed by atoms with van der Waals surface area (Å²) in [5.41, 5.74) is 0.912. The highest BCUT2D eigenvalue weighted by Gasteiger charge is 2.19. The van der Waals surface area contributed by atoms with Crippen LogP contribution in [-0.2, 0) is 4.79 Å². The average molecular weight is 251 g/mol. The van der Waals surface area contributed by atoms with Gasteiger partial charge in [0.15, 0.2) is 11.5 Å². The quantitative estimate of drug-likeness (QED) is 0.808. The molecule has 1 atom stereocenters. The topological polar surface area (TPSA) is 67.8 Å². The van der Waals surface area contributed by atoms with Gasteiger partial charge in [0.25, 0.3) is 0 Å². The van der Waals surface area contributed by atoms with Crippen molar-refractivity contribution in [2.45, 2.75) is 25.8 Å². The Morgan fingerprint density at radius 3 is 2.94 bits per heavy atom. The summed E-state index contributed by atoms with van der Waals surface area (Å²) in [6, 6.07) is 5.35. The fourth-order valence-corrected chi connectivity index (χ4v) is 1.93. The average Bonchev–Trinajstić information content (AvgIpc) is 2.81. The highest BCUT2D eigenvalue weighted by molar-refractivity contribution is 5.68. The van der Waals surface area contributed by atoms with Crippen molar-refractivity contribution in [3.63, 3.8) is 0 Å². The van der Waals surface area contributed by atoms with Crippen LogP contribution in [0, 0.1) is 0 Å². The number of nitrogens with one attached hydrogen (secondary N) is 1. The molecule has 2 N–H and O–H groups in total. The molecule has 1 aromatic rings. The van der Waals surface area contributed by atoms with Crippen molar-refractivity contribution < 1.29 is 19.4 Å². The van der Waals surface area contributed by atoms with Gasteiger partial charge in [-0.25, -0.2) is 0 Å². The van der Waals surface area contributed by atoms with Crippen molar-refractivity contribution in [3.8, 4) is 11.5 Å². The third kappa shape index (κ3) is 2.92. The first-order chi connectivity index (χ1) is 8.70. The van der Waals surface area contributed by atoms with Gasteiger partial charge in [-0.2, -0.15) is 0 Å². The molecule has 0 bridgehead atoms. The maximum absolute atomic E-state index is 10.9. The molecule has 0 spiro atoms. The smallest absolute Gasteiger partial charge is 0.305 e. The van der Waals surface area contributed by atoms with E-state index in [0.29, 0.717) is 11.5 Å². The standard InChI is InChI=1S/C13H17NO4/c1-2-5-14-10(7-13(15)16)9-3-4-11-12(6-9)18-8-17-11/h3-4,6,10,14H,2,5,7-8H2,1H3,(H,15,16). The molecular weight excluding hydrogens is 234 g/mol. The minimum absolute atomic E-state index is 0.0552. The van der Waals surface area contributed by atoms with Crippen LogP contribution in [0.5, 0.6) is 11.5 Å². The van der Waals surface area contributed by atoms with E-state index < -0.39 is 5.97 Å². The number of fused-ring (bicyclic) bond motifs is 1. The molecule has 0 amide bonds. The summed E-state index contributed by atoms with van der Waals surface area (Å²) in [7, 11) is 0. The lowest BCUT2D eigenvalue weighted by atomic mass is 10.0. The lowest BCUT2D eigenvalue weighted by Gasteiger charge is -2.17. The molecule has 1 aliphatic heterocycles. The largest absolute Gasteiger partial charge is 0.481 e. The van der Waals surface area contributed by atoms with Gasteiger partial charge in [-0.1, -0.05) is 13.0 Å². The Kier molecular flexibility index (Phi) is 4.04. The zero-order chi connectivity index (χ0) is 13.0. The maximum atomic E-state index is 10.9. The lowest BCUT2D eigenvalue weighted by molar-refractivity contribution is -0.137. The first-order valence-corrected chi connectivity index (χ1v) is 6.05. The van der Waals surface area contributed by atoms with E-state index in [1.165, 1.54) is 0 Å². The second-order valence-corrected chi connectivity index (χ2v) is 4.22. The lowest BCUT2D eigenvalue weighted by Crippen LogP contribution is -2.24. The van der Waals surface area contributed by atoms with Gasteiger partial charge in [0.1, 0.15) is 0 Å². The summed E-state index contributed by atoms with van der Waals surface area (Å²) in [6.45, 7) is 3.06. The predicted molar refractivity (Wildman–Crippen MR) is 65.9 cm³/mol. The van der Waals surface area contributed by atoms with Crippen molar-refractivity contribution in [1.29, 1.82) is 0 Å². The molecule has 5 heteroatoms. The maximum Gasteiger partial charge on any atom is 0.305 e. The van der Waals surface area contributed by atoms with Gasteiger partial charge in [-0.05, 0) is 30.7 Å². The fourth-order valence-electron chi connectivity index (χ4n) is 1.93. The Labute approximate surface area is 106 Å². The molecule has 0 aromatic heterocycles. The van der Waals surface area contributed by atoms with E-state index in [2.05, 4.69) is 5.32 Å². The third-order valence-electron chi connectivity index (χ3n) is 2.82. The number of carboxylic acid groups (broad SMARTS) is 1. The van der Waals surface area contributed by atoms with Crippen LogP contribution in [-0.4, -0.2) is 24.4 Å². The van der Waals surface area contributed by atoms with E-state index in [-0.39, 0.29) is 19.3 Å². The van der Waals surface area contributed by atoms with Gasteiger partial charge in [0.2, 0.25) is 6.79 Å². The molecule has 0 aliphatic carbocycles. The van der Waals surface area contributed by atoms with Gasteiger partial charge in [-0.3, -0.25) is 4.79 Å². The van der Waals surface area contributed by atoms with Gasteiger partial charge in [0, 0.05) is 6.04 Å². The number of carbonyl (C=O) groups is 1. The summed E-state index contributed by atoms with van der Waals surface area (Å²) >= 11 is 0. The Bertz CT molecular complexity index is 433. The molecule has 5 nitrogen and oxygen atoms in total. The van der Waals surface area contributed by atoms with Crippen LogP contribution >= 0.6 is 0 Å². The molecule has 18 heavy (non-hydrogen) atoms. The Morgan fingerprint density at radius 2 is 2.22 bits per heavy atom. The number of aliphatic carboxylic acids is 1. The number of carboxylic acids is 1.